The van der Waals surface area contributed by atoms with Crippen LogP contribution in [0.3, 0.4) is 0 Å². The summed E-state index contributed by atoms with van der Waals surface area (Å²) in [5.41, 5.74) is 1.62. The van der Waals surface area contributed by atoms with E-state index in [-0.39, 0.29) is 41.2 Å². The third-order valence-electron chi connectivity index (χ3n) is 5.65. The summed E-state index contributed by atoms with van der Waals surface area (Å²) in [5, 5.41) is 6.45. The Hall–Kier alpha value is -2.84. The van der Waals surface area contributed by atoms with Crippen molar-refractivity contribution in [3.05, 3.63) is 58.1 Å². The molecule has 1 fully saturated rings. The quantitative estimate of drug-likeness (QED) is 0.455. The van der Waals surface area contributed by atoms with Crippen molar-refractivity contribution < 1.29 is 18.7 Å². The minimum atomic E-state index is -0.601. The van der Waals surface area contributed by atoms with E-state index < -0.39 is 5.82 Å². The molecule has 3 aromatic rings. The lowest BCUT2D eigenvalue weighted by Crippen LogP contribution is -2.42. The number of nitrogens with zero attached hydrogens (tertiary/aromatic N) is 1. The van der Waals surface area contributed by atoms with E-state index in [0.717, 1.165) is 17.1 Å². The number of aromatic nitrogens is 2. The fourth-order valence-corrected chi connectivity index (χ4v) is 4.20. The molecule has 1 aromatic heterocycles. The number of rotatable bonds is 7. The van der Waals surface area contributed by atoms with Gasteiger partial charge in [-0.25, -0.2) is 9.37 Å². The third-order valence-corrected chi connectivity index (χ3v) is 6.19. The molecule has 1 aliphatic rings. The molecule has 2 amide bonds. The zero-order chi connectivity index (χ0) is 23.4. The highest BCUT2D eigenvalue weighted by molar-refractivity contribution is 6.31. The largest absolute Gasteiger partial charge is 0.484 e. The zero-order valence-corrected chi connectivity index (χ0v) is 19.2. The summed E-state index contributed by atoms with van der Waals surface area (Å²) in [6.07, 6.45) is 2.75. The molecule has 0 aliphatic heterocycles. The predicted molar refractivity (Wildman–Crippen MR) is 124 cm³/mol. The molecule has 0 bridgehead atoms. The van der Waals surface area contributed by atoms with Gasteiger partial charge in [0, 0.05) is 23.0 Å². The molecule has 174 valence electrons. The van der Waals surface area contributed by atoms with Crippen molar-refractivity contribution in [3.63, 3.8) is 0 Å². The molecule has 2 aromatic carbocycles. The molecular weight excluding hydrogens is 470 g/mol. The van der Waals surface area contributed by atoms with Crippen LogP contribution < -0.4 is 15.4 Å². The maximum Gasteiger partial charge on any atom is 0.258 e. The van der Waals surface area contributed by atoms with Crippen LogP contribution in [0.4, 0.5) is 4.39 Å². The first-order valence-corrected chi connectivity index (χ1v) is 11.4. The van der Waals surface area contributed by atoms with Gasteiger partial charge in [-0.1, -0.05) is 23.2 Å². The van der Waals surface area contributed by atoms with Crippen molar-refractivity contribution >= 4 is 46.0 Å². The molecular formula is C23H23Cl2FN4O3. The second-order valence-corrected chi connectivity index (χ2v) is 8.89. The summed E-state index contributed by atoms with van der Waals surface area (Å²) >= 11 is 11.6. The Bertz CT molecular complexity index is 1160. The SMILES string of the molecule is O=C(COc1ccc(Cl)c(F)c1)N[C@H]1CC[C@H](C(=O)NCc2nc3cc(Cl)ccc3[nH]2)CC1. The van der Waals surface area contributed by atoms with Crippen LogP contribution in [0.2, 0.25) is 10.0 Å². The van der Waals surface area contributed by atoms with Crippen molar-refractivity contribution in [2.45, 2.75) is 38.3 Å². The Morgan fingerprint density at radius 2 is 1.91 bits per heavy atom. The molecule has 0 saturated heterocycles. The van der Waals surface area contributed by atoms with E-state index in [1.54, 1.807) is 12.1 Å². The highest BCUT2D eigenvalue weighted by Gasteiger charge is 2.27. The average molecular weight is 493 g/mol. The number of H-pyrrole nitrogens is 1. The van der Waals surface area contributed by atoms with E-state index in [9.17, 15) is 14.0 Å². The predicted octanol–water partition coefficient (Wildman–Crippen LogP) is 4.38. The van der Waals surface area contributed by atoms with Crippen LogP contribution in [-0.4, -0.2) is 34.4 Å². The molecule has 0 atom stereocenters. The van der Waals surface area contributed by atoms with Gasteiger partial charge in [0.2, 0.25) is 5.91 Å². The highest BCUT2D eigenvalue weighted by atomic mass is 35.5. The Kier molecular flexibility index (Phi) is 7.35. The van der Waals surface area contributed by atoms with Gasteiger partial charge in [-0.3, -0.25) is 9.59 Å². The van der Waals surface area contributed by atoms with Gasteiger partial charge in [-0.2, -0.15) is 0 Å². The number of hydrogen-bond donors (Lipinski definition) is 3. The summed E-state index contributed by atoms with van der Waals surface area (Å²) in [6.45, 7) is 0.0919. The summed E-state index contributed by atoms with van der Waals surface area (Å²) in [5.74, 6) is -0.113. The first-order valence-electron chi connectivity index (χ1n) is 10.7. The van der Waals surface area contributed by atoms with Gasteiger partial charge >= 0.3 is 0 Å². The van der Waals surface area contributed by atoms with Crippen molar-refractivity contribution in [1.29, 1.82) is 0 Å². The van der Waals surface area contributed by atoms with Crippen LogP contribution in [0.1, 0.15) is 31.5 Å². The molecule has 0 unspecified atom stereocenters. The van der Waals surface area contributed by atoms with Crippen LogP contribution in [0.5, 0.6) is 5.75 Å². The molecule has 33 heavy (non-hydrogen) atoms. The number of fused-ring (bicyclic) bond motifs is 1. The number of carbonyl (C=O) groups is 2. The number of nitrogens with one attached hydrogen (secondary N) is 3. The smallest absolute Gasteiger partial charge is 0.258 e. The number of halogens is 3. The van der Waals surface area contributed by atoms with Crippen LogP contribution in [0, 0.1) is 11.7 Å². The number of benzene rings is 2. The van der Waals surface area contributed by atoms with E-state index in [1.165, 1.54) is 12.1 Å². The fourth-order valence-electron chi connectivity index (χ4n) is 3.92. The van der Waals surface area contributed by atoms with Gasteiger partial charge in [0.1, 0.15) is 17.4 Å². The lowest BCUT2D eigenvalue weighted by Gasteiger charge is -2.28. The Labute approximate surface area is 200 Å². The van der Waals surface area contributed by atoms with E-state index in [1.807, 2.05) is 6.07 Å². The third kappa shape index (κ3) is 6.15. The van der Waals surface area contributed by atoms with Gasteiger partial charge in [-0.15, -0.1) is 0 Å². The van der Waals surface area contributed by atoms with E-state index >= 15 is 0 Å². The van der Waals surface area contributed by atoms with Gasteiger partial charge in [0.15, 0.2) is 6.61 Å². The molecule has 7 nitrogen and oxygen atoms in total. The van der Waals surface area contributed by atoms with Crippen LogP contribution in [0.15, 0.2) is 36.4 Å². The average Bonchev–Trinajstić information content (AvgIpc) is 3.21. The molecule has 1 heterocycles. The number of ether oxygens (including phenoxy) is 1. The van der Waals surface area contributed by atoms with Gasteiger partial charge in [-0.05, 0) is 56.0 Å². The standard InChI is InChI=1S/C23H23Cl2FN4O3/c24-14-3-8-19-20(9-14)30-21(29-19)11-27-23(32)13-1-4-15(5-2-13)28-22(31)12-33-16-6-7-17(25)18(26)10-16/h3,6-10,13,15H,1-2,4-5,11-12H2,(H,27,32)(H,28,31)(H,29,30)/t13-,15-. The lowest BCUT2D eigenvalue weighted by molar-refractivity contribution is -0.126. The molecule has 4 rings (SSSR count). The van der Waals surface area contributed by atoms with Gasteiger partial charge in [0.25, 0.3) is 5.91 Å². The topological polar surface area (TPSA) is 96.1 Å². The molecule has 0 spiro atoms. The van der Waals surface area contributed by atoms with Crippen LogP contribution >= 0.6 is 23.2 Å². The fraction of sp³-hybridized carbons (Fsp3) is 0.348. The van der Waals surface area contributed by atoms with Crippen molar-refractivity contribution in [1.82, 2.24) is 20.6 Å². The molecule has 3 N–H and O–H groups in total. The monoisotopic (exact) mass is 492 g/mol. The molecule has 10 heteroatoms. The lowest BCUT2D eigenvalue weighted by atomic mass is 9.85. The zero-order valence-electron chi connectivity index (χ0n) is 17.7. The molecule has 0 radical (unpaired) electrons. The number of carbonyl (C=O) groups excluding carboxylic acids is 2. The Morgan fingerprint density at radius 1 is 1.12 bits per heavy atom. The van der Waals surface area contributed by atoms with Crippen molar-refractivity contribution in [2.75, 3.05) is 6.61 Å². The number of amides is 2. The summed E-state index contributed by atoms with van der Waals surface area (Å²) in [7, 11) is 0. The Balaban J connectivity index is 1.18. The summed E-state index contributed by atoms with van der Waals surface area (Å²) in [4.78, 5) is 32.3. The first-order chi connectivity index (χ1) is 15.9. The minimum Gasteiger partial charge on any atom is -0.484 e. The van der Waals surface area contributed by atoms with Crippen LogP contribution in [0.25, 0.3) is 11.0 Å². The first kappa shape index (κ1) is 23.3. The molecule has 1 saturated carbocycles. The number of hydrogen-bond acceptors (Lipinski definition) is 4. The van der Waals surface area contributed by atoms with Crippen molar-refractivity contribution in [3.8, 4) is 5.75 Å². The summed E-state index contributed by atoms with van der Waals surface area (Å²) in [6, 6.07) is 9.40. The number of aromatic amines is 1. The highest BCUT2D eigenvalue weighted by Crippen LogP contribution is 2.25. The summed E-state index contributed by atoms with van der Waals surface area (Å²) < 4.78 is 18.8. The van der Waals surface area contributed by atoms with E-state index in [2.05, 4.69) is 20.6 Å². The second kappa shape index (κ2) is 10.4. The normalized spacial score (nSPS) is 18.2. The second-order valence-electron chi connectivity index (χ2n) is 8.04. The van der Waals surface area contributed by atoms with Crippen LogP contribution in [-0.2, 0) is 16.1 Å². The van der Waals surface area contributed by atoms with Crippen molar-refractivity contribution in [2.24, 2.45) is 5.92 Å². The number of imidazole rings is 1. The maximum atomic E-state index is 13.4. The van der Waals surface area contributed by atoms with E-state index in [4.69, 9.17) is 27.9 Å². The molecule has 1 aliphatic carbocycles. The maximum absolute atomic E-state index is 13.4. The Morgan fingerprint density at radius 3 is 2.67 bits per heavy atom. The van der Waals surface area contributed by atoms with Gasteiger partial charge in [0.05, 0.1) is 22.6 Å². The van der Waals surface area contributed by atoms with E-state index in [0.29, 0.717) is 43.1 Å². The minimum absolute atomic E-state index is 0.00454. The van der Waals surface area contributed by atoms with Gasteiger partial charge < -0.3 is 20.4 Å².